The normalized spacial score (nSPS) is 13.7. The Kier molecular flexibility index (Phi) is 4.47. The van der Waals surface area contributed by atoms with Crippen LogP contribution in [0.3, 0.4) is 0 Å². The molecule has 7 heteroatoms. The van der Waals surface area contributed by atoms with E-state index in [1.807, 2.05) is 42.5 Å². The zero-order chi connectivity index (χ0) is 20.7. The molecule has 0 spiro atoms. The van der Waals surface area contributed by atoms with Crippen LogP contribution in [-0.4, -0.2) is 25.2 Å². The fraction of sp³-hybridized carbons (Fsp3) is 0.304. The molecule has 0 aliphatic heterocycles. The van der Waals surface area contributed by atoms with Crippen LogP contribution < -0.4 is 11.2 Å². The van der Waals surface area contributed by atoms with Crippen molar-refractivity contribution in [3.63, 3.8) is 0 Å². The van der Waals surface area contributed by atoms with Crippen LogP contribution in [0.2, 0.25) is 0 Å². The van der Waals surface area contributed by atoms with Gasteiger partial charge in [0.05, 0.1) is 28.5 Å². The average Bonchev–Trinajstić information content (AvgIpc) is 3.53. The summed E-state index contributed by atoms with van der Waals surface area (Å²) in [5.41, 5.74) is 2.00. The Hall–Kier alpha value is -3.66. The van der Waals surface area contributed by atoms with E-state index in [1.54, 1.807) is 10.6 Å². The number of para-hydroxylation sites is 3. The van der Waals surface area contributed by atoms with Gasteiger partial charge in [0.25, 0.3) is 5.56 Å². The summed E-state index contributed by atoms with van der Waals surface area (Å²) in [7, 11) is 0. The van der Waals surface area contributed by atoms with Gasteiger partial charge in [0.1, 0.15) is 5.82 Å². The van der Waals surface area contributed by atoms with Crippen LogP contribution in [-0.2, 0) is 13.1 Å². The summed E-state index contributed by atoms with van der Waals surface area (Å²) in [4.78, 5) is 34.5. The number of hydrogen-bond acceptors (Lipinski definition) is 3. The highest BCUT2D eigenvalue weighted by Crippen LogP contribution is 2.32. The summed E-state index contributed by atoms with van der Waals surface area (Å²) in [6, 6.07) is 15.1. The van der Waals surface area contributed by atoms with E-state index in [0.29, 0.717) is 30.4 Å². The van der Waals surface area contributed by atoms with Crippen molar-refractivity contribution in [3.8, 4) is 0 Å². The molecule has 2 aromatic carbocycles. The molecule has 1 saturated carbocycles. The topological polar surface area (TPSA) is 66.2 Å². The molecule has 1 fully saturated rings. The summed E-state index contributed by atoms with van der Waals surface area (Å²) in [6.07, 6.45) is 2.44. The number of imidazole rings is 1. The third kappa shape index (κ3) is 3.01. The molecule has 0 radical (unpaired) electrons. The fourth-order valence-electron chi connectivity index (χ4n) is 4.09. The summed E-state index contributed by atoms with van der Waals surface area (Å²) in [5, 5.41) is 0.555. The van der Waals surface area contributed by atoms with E-state index in [-0.39, 0.29) is 23.8 Å². The van der Waals surface area contributed by atoms with Crippen molar-refractivity contribution in [1.29, 1.82) is 0 Å². The van der Waals surface area contributed by atoms with E-state index in [2.05, 4.69) is 9.41 Å². The fourth-order valence-corrected chi connectivity index (χ4v) is 4.09. The zero-order valence-corrected chi connectivity index (χ0v) is 16.5. The molecule has 0 bridgehead atoms. The van der Waals surface area contributed by atoms with E-state index in [0.717, 1.165) is 29.7 Å². The summed E-state index contributed by atoms with van der Waals surface area (Å²) in [6.45, 7) is 8.44. The standard InChI is InChI=1S/C23H21N5O2/c1-24-13-6-14-26-20-10-5-3-8-18(20)25-21(26)15-27-19-9-4-2-7-17(19)22(29)28(23(27)30)16-11-12-16/h2-5,7-10,16H,6,11-15H2. The first kappa shape index (κ1) is 18.4. The Morgan fingerprint density at radius 2 is 1.73 bits per heavy atom. The van der Waals surface area contributed by atoms with E-state index in [1.165, 1.54) is 4.57 Å². The van der Waals surface area contributed by atoms with Gasteiger partial charge in [0.15, 0.2) is 0 Å². The molecule has 30 heavy (non-hydrogen) atoms. The molecule has 1 aliphatic carbocycles. The van der Waals surface area contributed by atoms with Crippen LogP contribution in [0.25, 0.3) is 26.8 Å². The second kappa shape index (κ2) is 7.30. The van der Waals surface area contributed by atoms with E-state index >= 15 is 0 Å². The van der Waals surface area contributed by atoms with Gasteiger partial charge in [-0.3, -0.25) is 13.9 Å². The third-order valence-corrected chi connectivity index (χ3v) is 5.68. The predicted octanol–water partition coefficient (Wildman–Crippen LogP) is 3.21. The van der Waals surface area contributed by atoms with Crippen molar-refractivity contribution in [2.24, 2.45) is 0 Å². The van der Waals surface area contributed by atoms with Gasteiger partial charge in [-0.1, -0.05) is 24.3 Å². The van der Waals surface area contributed by atoms with Gasteiger partial charge in [-0.2, -0.15) is 0 Å². The molecule has 0 amide bonds. The van der Waals surface area contributed by atoms with Crippen molar-refractivity contribution in [2.45, 2.75) is 38.4 Å². The molecule has 0 saturated heterocycles. The highest BCUT2D eigenvalue weighted by Gasteiger charge is 2.29. The number of nitrogens with zero attached hydrogens (tertiary/aromatic N) is 5. The molecule has 150 valence electrons. The number of aromatic nitrogens is 4. The monoisotopic (exact) mass is 399 g/mol. The molecule has 2 heterocycles. The van der Waals surface area contributed by atoms with Gasteiger partial charge in [0.2, 0.25) is 6.54 Å². The zero-order valence-electron chi connectivity index (χ0n) is 16.5. The predicted molar refractivity (Wildman–Crippen MR) is 116 cm³/mol. The Bertz CT molecular complexity index is 1420. The molecule has 2 aromatic heterocycles. The first-order chi connectivity index (χ1) is 14.7. The lowest BCUT2D eigenvalue weighted by Gasteiger charge is -2.14. The minimum atomic E-state index is -0.277. The van der Waals surface area contributed by atoms with Crippen molar-refractivity contribution in [1.82, 2.24) is 18.7 Å². The second-order valence-corrected chi connectivity index (χ2v) is 7.70. The first-order valence-electron chi connectivity index (χ1n) is 10.2. The Balaban J connectivity index is 1.69. The summed E-state index contributed by atoms with van der Waals surface area (Å²) >= 11 is 0. The number of benzene rings is 2. The van der Waals surface area contributed by atoms with Crippen molar-refractivity contribution in [2.75, 3.05) is 6.54 Å². The van der Waals surface area contributed by atoms with E-state index in [9.17, 15) is 9.59 Å². The molecular weight excluding hydrogens is 378 g/mol. The maximum Gasteiger partial charge on any atom is 0.332 e. The molecule has 0 unspecified atom stereocenters. The molecule has 0 N–H and O–H groups in total. The minimum Gasteiger partial charge on any atom is -0.326 e. The third-order valence-electron chi connectivity index (χ3n) is 5.68. The first-order valence-corrected chi connectivity index (χ1v) is 10.2. The van der Waals surface area contributed by atoms with Gasteiger partial charge in [-0.05, 0) is 37.1 Å². The van der Waals surface area contributed by atoms with Crippen molar-refractivity contribution < 1.29 is 0 Å². The number of fused-ring (bicyclic) bond motifs is 2. The number of rotatable bonds is 6. The van der Waals surface area contributed by atoms with Crippen LogP contribution >= 0.6 is 0 Å². The molecule has 4 aromatic rings. The van der Waals surface area contributed by atoms with Crippen LogP contribution in [0.15, 0.2) is 58.1 Å². The molecule has 5 rings (SSSR count). The van der Waals surface area contributed by atoms with Crippen molar-refractivity contribution in [3.05, 3.63) is 86.6 Å². The molecule has 1 aliphatic rings. The van der Waals surface area contributed by atoms with E-state index in [4.69, 9.17) is 11.6 Å². The largest absolute Gasteiger partial charge is 0.332 e. The summed E-state index contributed by atoms with van der Waals surface area (Å²) < 4.78 is 5.17. The maximum absolute atomic E-state index is 13.3. The summed E-state index contributed by atoms with van der Waals surface area (Å²) in [5.74, 6) is 0.759. The quantitative estimate of drug-likeness (QED) is 0.369. The van der Waals surface area contributed by atoms with Gasteiger partial charge in [-0.15, -0.1) is 0 Å². The smallest absolute Gasteiger partial charge is 0.326 e. The molecule has 7 nitrogen and oxygen atoms in total. The van der Waals surface area contributed by atoms with Crippen LogP contribution in [0, 0.1) is 6.57 Å². The highest BCUT2D eigenvalue weighted by atomic mass is 16.2. The number of aryl methyl sites for hydroxylation is 1. The Morgan fingerprint density at radius 1 is 1.00 bits per heavy atom. The van der Waals surface area contributed by atoms with Crippen LogP contribution in [0.5, 0.6) is 0 Å². The van der Waals surface area contributed by atoms with Crippen LogP contribution in [0.4, 0.5) is 0 Å². The molecular formula is C23H21N5O2. The molecule has 0 atom stereocenters. The highest BCUT2D eigenvalue weighted by molar-refractivity contribution is 5.78. The van der Waals surface area contributed by atoms with Gasteiger partial charge in [0, 0.05) is 19.0 Å². The Labute approximate surface area is 172 Å². The number of hydrogen-bond donors (Lipinski definition) is 0. The van der Waals surface area contributed by atoms with Gasteiger partial charge in [-0.25, -0.2) is 16.4 Å². The Morgan fingerprint density at radius 3 is 2.50 bits per heavy atom. The van der Waals surface area contributed by atoms with Gasteiger partial charge >= 0.3 is 5.69 Å². The lowest BCUT2D eigenvalue weighted by Crippen LogP contribution is -2.40. The second-order valence-electron chi connectivity index (χ2n) is 7.70. The van der Waals surface area contributed by atoms with E-state index < -0.39 is 0 Å². The van der Waals surface area contributed by atoms with Crippen molar-refractivity contribution >= 4 is 21.9 Å². The minimum absolute atomic E-state index is 0.00154. The average molecular weight is 399 g/mol. The van der Waals surface area contributed by atoms with Gasteiger partial charge < -0.3 is 9.41 Å². The lowest BCUT2D eigenvalue weighted by atomic mass is 10.2. The maximum atomic E-state index is 13.3. The van der Waals surface area contributed by atoms with Crippen LogP contribution in [0.1, 0.15) is 31.1 Å². The SMILES string of the molecule is [C-]#[N+]CCCn1c(Cn2c(=O)n(C3CC3)c(=O)c3ccccc32)nc2ccccc21. The lowest BCUT2D eigenvalue weighted by molar-refractivity contribution is 0.574.